The van der Waals surface area contributed by atoms with Gasteiger partial charge in [-0.2, -0.15) is 4.31 Å². The molecule has 0 radical (unpaired) electrons. The Bertz CT molecular complexity index is 1490. The number of hydrogen-bond donors (Lipinski definition) is 1. The van der Waals surface area contributed by atoms with Crippen LogP contribution in [0.2, 0.25) is 0 Å². The minimum absolute atomic E-state index is 0.0462. The van der Waals surface area contributed by atoms with Crippen molar-refractivity contribution in [3.63, 3.8) is 0 Å². The molecule has 1 aliphatic heterocycles. The maximum atomic E-state index is 13.6. The molecule has 0 spiro atoms. The zero-order chi connectivity index (χ0) is 26.1. The first-order valence-corrected chi connectivity index (χ1v) is 13.8. The van der Waals surface area contributed by atoms with Crippen LogP contribution in [0.15, 0.2) is 88.7 Å². The zero-order valence-electron chi connectivity index (χ0n) is 18.8. The normalized spacial score (nSPS) is 16.6. The van der Waals surface area contributed by atoms with Gasteiger partial charge in [0.2, 0.25) is 26.0 Å². The number of nitrogens with zero attached hydrogens (tertiary/aromatic N) is 2. The average Bonchev–Trinajstić information content (AvgIpc) is 3.13. The van der Waals surface area contributed by atoms with Crippen molar-refractivity contribution in [1.29, 1.82) is 0 Å². The Labute approximate surface area is 208 Å². The van der Waals surface area contributed by atoms with E-state index in [1.807, 2.05) is 0 Å². The summed E-state index contributed by atoms with van der Waals surface area (Å²) in [6.07, 6.45) is -0.252. The number of nitrogens with two attached hydrogens (primary N) is 1. The summed E-state index contributed by atoms with van der Waals surface area (Å²) in [6.45, 7) is -0.160. The van der Waals surface area contributed by atoms with Crippen LogP contribution >= 0.6 is 0 Å². The van der Waals surface area contributed by atoms with E-state index >= 15 is 0 Å². The van der Waals surface area contributed by atoms with E-state index in [2.05, 4.69) is 0 Å². The van der Waals surface area contributed by atoms with Crippen molar-refractivity contribution in [2.24, 2.45) is 5.14 Å². The Morgan fingerprint density at radius 3 is 2.06 bits per heavy atom. The Morgan fingerprint density at radius 1 is 0.861 bits per heavy atom. The number of amides is 2. The predicted octanol–water partition coefficient (Wildman–Crippen LogP) is 2.04. The molecule has 1 aliphatic rings. The lowest BCUT2D eigenvalue weighted by Crippen LogP contribution is -2.46. The molecule has 1 fully saturated rings. The first-order valence-electron chi connectivity index (χ1n) is 10.8. The van der Waals surface area contributed by atoms with Crippen LogP contribution in [0.1, 0.15) is 12.0 Å². The summed E-state index contributed by atoms with van der Waals surface area (Å²) >= 11 is 0. The second-order valence-corrected chi connectivity index (χ2v) is 11.6. The lowest BCUT2D eigenvalue weighted by molar-refractivity contribution is -0.122. The molecule has 36 heavy (non-hydrogen) atoms. The van der Waals surface area contributed by atoms with E-state index in [1.54, 1.807) is 18.2 Å². The fraction of sp³-hybridized carbons (Fsp3) is 0.167. The van der Waals surface area contributed by atoms with Crippen LogP contribution in [0, 0.1) is 5.82 Å². The predicted molar refractivity (Wildman–Crippen MR) is 129 cm³/mol. The van der Waals surface area contributed by atoms with Crippen molar-refractivity contribution in [2.75, 3.05) is 11.4 Å². The molecule has 3 aromatic rings. The molecule has 2 N–H and O–H groups in total. The van der Waals surface area contributed by atoms with Crippen LogP contribution in [0.3, 0.4) is 0 Å². The molecule has 1 heterocycles. The van der Waals surface area contributed by atoms with E-state index in [-0.39, 0.29) is 34.9 Å². The highest BCUT2D eigenvalue weighted by Gasteiger charge is 2.46. The fourth-order valence-corrected chi connectivity index (χ4v) is 6.08. The van der Waals surface area contributed by atoms with Gasteiger partial charge >= 0.3 is 0 Å². The second-order valence-electron chi connectivity index (χ2n) is 8.13. The largest absolute Gasteiger partial charge is 0.274 e. The third-order valence-corrected chi connectivity index (χ3v) is 8.63. The van der Waals surface area contributed by atoms with Gasteiger partial charge in [-0.1, -0.05) is 30.3 Å². The molecule has 1 atom stereocenters. The van der Waals surface area contributed by atoms with Crippen molar-refractivity contribution in [3.05, 3.63) is 90.2 Å². The summed E-state index contributed by atoms with van der Waals surface area (Å²) in [5, 5.41) is 5.12. The van der Waals surface area contributed by atoms with Crippen LogP contribution in [0.4, 0.5) is 10.1 Å². The van der Waals surface area contributed by atoms with Gasteiger partial charge < -0.3 is 0 Å². The van der Waals surface area contributed by atoms with Crippen molar-refractivity contribution >= 4 is 37.5 Å². The van der Waals surface area contributed by atoms with Crippen molar-refractivity contribution < 1.29 is 30.8 Å². The Hall–Kier alpha value is -3.45. The maximum absolute atomic E-state index is 13.6. The Kier molecular flexibility index (Phi) is 7.05. The van der Waals surface area contributed by atoms with E-state index in [1.165, 1.54) is 48.5 Å². The highest BCUT2D eigenvalue weighted by Crippen LogP contribution is 2.29. The third kappa shape index (κ3) is 5.21. The topological polar surface area (TPSA) is 135 Å². The van der Waals surface area contributed by atoms with Crippen molar-refractivity contribution in [2.45, 2.75) is 28.7 Å². The van der Waals surface area contributed by atoms with E-state index < -0.39 is 43.7 Å². The molecule has 12 heteroatoms. The van der Waals surface area contributed by atoms with Gasteiger partial charge in [0.1, 0.15) is 11.9 Å². The van der Waals surface area contributed by atoms with E-state index in [0.717, 1.165) is 21.3 Å². The van der Waals surface area contributed by atoms with Gasteiger partial charge in [0.25, 0.3) is 5.91 Å². The van der Waals surface area contributed by atoms with Crippen LogP contribution in [0.5, 0.6) is 0 Å². The van der Waals surface area contributed by atoms with Gasteiger partial charge in [-0.25, -0.2) is 31.3 Å². The van der Waals surface area contributed by atoms with Crippen LogP contribution in [0.25, 0.3) is 0 Å². The molecule has 4 rings (SSSR count). The van der Waals surface area contributed by atoms with Crippen molar-refractivity contribution in [3.8, 4) is 0 Å². The molecule has 188 valence electrons. The number of halogens is 1. The number of imide groups is 1. The van der Waals surface area contributed by atoms with Gasteiger partial charge in [0, 0.05) is 6.54 Å². The highest BCUT2D eigenvalue weighted by molar-refractivity contribution is 7.89. The molecule has 0 aliphatic carbocycles. The molecule has 0 aromatic heterocycles. The standard InChI is InChI=1S/C24H22FN3O6S2/c25-18-8-10-19(11-9-18)28-23(29)16-22(24(28)30)27(36(33,34)21-4-2-1-3-5-21)15-14-17-6-12-20(13-7-17)35(26,31)32/h1-13,22H,14-16H2,(H2,26,31,32). The molecule has 1 unspecified atom stereocenters. The second kappa shape index (κ2) is 9.90. The van der Waals surface area contributed by atoms with E-state index in [4.69, 9.17) is 5.14 Å². The van der Waals surface area contributed by atoms with Crippen LogP contribution in [-0.4, -0.2) is 45.5 Å². The Morgan fingerprint density at radius 2 is 1.47 bits per heavy atom. The van der Waals surface area contributed by atoms with Crippen LogP contribution in [-0.2, 0) is 36.1 Å². The minimum Gasteiger partial charge on any atom is -0.274 e. The molecule has 0 saturated carbocycles. The summed E-state index contributed by atoms with van der Waals surface area (Å²) in [5.74, 6) is -1.89. The SMILES string of the molecule is NS(=O)(=O)c1ccc(CCN(C2CC(=O)N(c3ccc(F)cc3)C2=O)S(=O)(=O)c2ccccc2)cc1. The molecule has 3 aromatic carbocycles. The van der Waals surface area contributed by atoms with Gasteiger partial charge in [0.05, 0.1) is 21.9 Å². The number of primary sulfonamides is 1. The molecular formula is C24H22FN3O6S2. The van der Waals surface area contributed by atoms with Crippen LogP contribution < -0.4 is 10.0 Å². The fourth-order valence-electron chi connectivity index (χ4n) is 3.96. The first-order chi connectivity index (χ1) is 17.0. The summed E-state index contributed by atoms with van der Waals surface area (Å²) < 4.78 is 64.5. The molecule has 0 bridgehead atoms. The smallest absolute Gasteiger partial charge is 0.252 e. The van der Waals surface area contributed by atoms with Gasteiger partial charge in [-0.15, -0.1) is 0 Å². The Balaban J connectivity index is 1.66. The third-order valence-electron chi connectivity index (χ3n) is 5.78. The summed E-state index contributed by atoms with van der Waals surface area (Å²) in [5.41, 5.74) is 0.743. The minimum atomic E-state index is -4.20. The molecule has 9 nitrogen and oxygen atoms in total. The number of anilines is 1. The number of benzene rings is 3. The lowest BCUT2D eigenvalue weighted by atomic mass is 10.1. The number of sulfonamides is 2. The number of hydrogen-bond acceptors (Lipinski definition) is 6. The average molecular weight is 532 g/mol. The lowest BCUT2D eigenvalue weighted by Gasteiger charge is -2.27. The zero-order valence-corrected chi connectivity index (χ0v) is 20.5. The van der Waals surface area contributed by atoms with Crippen molar-refractivity contribution in [1.82, 2.24) is 4.31 Å². The highest BCUT2D eigenvalue weighted by atomic mass is 32.2. The summed E-state index contributed by atoms with van der Waals surface area (Å²) in [4.78, 5) is 26.8. The van der Waals surface area contributed by atoms with Gasteiger partial charge in [0.15, 0.2) is 0 Å². The monoisotopic (exact) mass is 531 g/mol. The summed E-state index contributed by atoms with van der Waals surface area (Å²) in [7, 11) is -8.09. The number of carbonyl (C=O) groups excluding carboxylic acids is 2. The number of carbonyl (C=O) groups is 2. The maximum Gasteiger partial charge on any atom is 0.252 e. The van der Waals surface area contributed by atoms with E-state index in [9.17, 15) is 30.8 Å². The summed E-state index contributed by atoms with van der Waals surface area (Å²) in [6, 6.07) is 16.6. The number of rotatable bonds is 8. The van der Waals surface area contributed by atoms with Gasteiger partial charge in [-0.05, 0) is 60.5 Å². The quantitative estimate of drug-likeness (QED) is 0.442. The molecule has 2 amide bonds. The van der Waals surface area contributed by atoms with Gasteiger partial charge in [-0.3, -0.25) is 9.59 Å². The first kappa shape index (κ1) is 25.6. The molecule has 1 saturated heterocycles. The van der Waals surface area contributed by atoms with E-state index in [0.29, 0.717) is 5.56 Å². The molecular weight excluding hydrogens is 509 g/mol.